The zero-order valence-electron chi connectivity index (χ0n) is 11.2. The van der Waals surface area contributed by atoms with Crippen molar-refractivity contribution in [2.75, 3.05) is 11.9 Å². The third kappa shape index (κ3) is 3.63. The first-order valence-electron chi connectivity index (χ1n) is 6.39. The van der Waals surface area contributed by atoms with Crippen LogP contribution in [0, 0.1) is 11.3 Å². The van der Waals surface area contributed by atoms with Gasteiger partial charge in [0, 0.05) is 17.8 Å². The van der Waals surface area contributed by atoms with Gasteiger partial charge >= 0.3 is 0 Å². The summed E-state index contributed by atoms with van der Waals surface area (Å²) in [6.45, 7) is 4.77. The normalized spacial score (nSPS) is 9.55. The van der Waals surface area contributed by atoms with E-state index in [-0.39, 0.29) is 0 Å². The molecule has 0 aliphatic rings. The van der Waals surface area contributed by atoms with Gasteiger partial charge in [0.05, 0.1) is 11.6 Å². The van der Waals surface area contributed by atoms with Crippen molar-refractivity contribution in [1.29, 1.82) is 5.26 Å². The highest BCUT2D eigenvalue weighted by Gasteiger charge is 2.02. The Hall–Kier alpha value is -2.73. The lowest BCUT2D eigenvalue weighted by Gasteiger charge is -2.11. The highest BCUT2D eigenvalue weighted by Crippen LogP contribution is 2.20. The van der Waals surface area contributed by atoms with E-state index in [1.807, 2.05) is 42.5 Å². The molecule has 1 N–H and O–H groups in total. The fourth-order valence-corrected chi connectivity index (χ4v) is 1.84. The van der Waals surface area contributed by atoms with Gasteiger partial charge in [-0.15, -0.1) is 0 Å². The summed E-state index contributed by atoms with van der Waals surface area (Å²) in [4.78, 5) is 0. The van der Waals surface area contributed by atoms with Crippen LogP contribution in [0.4, 0.5) is 5.69 Å². The minimum absolute atomic E-state index is 0.487. The Labute approximate surface area is 119 Å². The number of para-hydroxylation sites is 1. The van der Waals surface area contributed by atoms with Crippen LogP contribution in [0.15, 0.2) is 61.2 Å². The number of anilines is 1. The third-order valence-electron chi connectivity index (χ3n) is 2.80. The van der Waals surface area contributed by atoms with Crippen LogP contribution in [0.1, 0.15) is 11.1 Å². The lowest BCUT2D eigenvalue weighted by molar-refractivity contribution is 0.359. The van der Waals surface area contributed by atoms with Crippen molar-refractivity contribution in [3.05, 3.63) is 72.3 Å². The number of hydrogen-bond acceptors (Lipinski definition) is 3. The molecule has 0 heterocycles. The zero-order chi connectivity index (χ0) is 14.2. The molecule has 0 spiro atoms. The number of hydrogen-bond donors (Lipinski definition) is 1. The molecule has 2 rings (SSSR count). The average molecular weight is 264 g/mol. The lowest BCUT2D eigenvalue weighted by atomic mass is 10.2. The van der Waals surface area contributed by atoms with Crippen LogP contribution < -0.4 is 10.1 Å². The molecule has 2 aromatic carbocycles. The number of nitrogens with one attached hydrogen (secondary N) is 1. The van der Waals surface area contributed by atoms with Gasteiger partial charge < -0.3 is 10.1 Å². The fourth-order valence-electron chi connectivity index (χ4n) is 1.84. The molecule has 0 fully saturated rings. The number of ether oxygens (including phenoxy) is 1. The van der Waals surface area contributed by atoms with Gasteiger partial charge in [-0.05, 0) is 24.3 Å². The van der Waals surface area contributed by atoms with Crippen LogP contribution in [0.3, 0.4) is 0 Å². The van der Waals surface area contributed by atoms with E-state index in [2.05, 4.69) is 18.0 Å². The highest BCUT2D eigenvalue weighted by atomic mass is 16.5. The van der Waals surface area contributed by atoms with Gasteiger partial charge in [0.15, 0.2) is 0 Å². The van der Waals surface area contributed by atoms with Gasteiger partial charge in [-0.2, -0.15) is 5.26 Å². The van der Waals surface area contributed by atoms with Crippen molar-refractivity contribution < 1.29 is 4.74 Å². The van der Waals surface area contributed by atoms with Crippen LogP contribution in [0.2, 0.25) is 0 Å². The van der Waals surface area contributed by atoms with Crippen molar-refractivity contribution in [2.24, 2.45) is 0 Å². The molecule has 0 aromatic heterocycles. The minimum atomic E-state index is 0.487. The van der Waals surface area contributed by atoms with Crippen molar-refractivity contribution >= 4 is 5.69 Å². The van der Waals surface area contributed by atoms with Crippen molar-refractivity contribution in [1.82, 2.24) is 0 Å². The van der Waals surface area contributed by atoms with Crippen molar-refractivity contribution in [3.8, 4) is 11.8 Å². The van der Waals surface area contributed by atoms with Crippen LogP contribution >= 0.6 is 0 Å². The average Bonchev–Trinajstić information content (AvgIpc) is 2.52. The van der Waals surface area contributed by atoms with Crippen molar-refractivity contribution in [2.45, 2.75) is 6.54 Å². The summed E-state index contributed by atoms with van der Waals surface area (Å²) >= 11 is 0. The number of rotatable bonds is 6. The highest BCUT2D eigenvalue weighted by molar-refractivity contribution is 5.50. The third-order valence-corrected chi connectivity index (χ3v) is 2.80. The van der Waals surface area contributed by atoms with Crippen molar-refractivity contribution in [3.63, 3.8) is 0 Å². The molecular weight excluding hydrogens is 248 g/mol. The molecule has 0 saturated carbocycles. The maximum absolute atomic E-state index is 8.88. The van der Waals surface area contributed by atoms with Crippen LogP contribution in [0.5, 0.6) is 5.75 Å². The van der Waals surface area contributed by atoms with Crippen LogP contribution in [-0.2, 0) is 6.54 Å². The Morgan fingerprint density at radius 2 is 2.05 bits per heavy atom. The van der Waals surface area contributed by atoms with E-state index in [4.69, 9.17) is 10.00 Å². The minimum Gasteiger partial charge on any atom is -0.489 e. The Balaban J connectivity index is 2.06. The molecule has 0 aliphatic heterocycles. The SMILES string of the molecule is C=CCOc1ccccc1CNc1cccc(C#N)c1. The standard InChI is InChI=1S/C17H16N2O/c1-2-10-20-17-9-4-3-7-15(17)13-19-16-8-5-6-14(11-16)12-18/h2-9,11,19H,1,10,13H2. The molecule has 20 heavy (non-hydrogen) atoms. The predicted molar refractivity (Wildman–Crippen MR) is 80.6 cm³/mol. The number of nitrogens with zero attached hydrogens (tertiary/aromatic N) is 1. The summed E-state index contributed by atoms with van der Waals surface area (Å²) < 4.78 is 5.61. The summed E-state index contributed by atoms with van der Waals surface area (Å²) in [5.74, 6) is 0.844. The Morgan fingerprint density at radius 1 is 1.20 bits per heavy atom. The lowest BCUT2D eigenvalue weighted by Crippen LogP contribution is -2.03. The number of nitriles is 1. The molecule has 0 amide bonds. The van der Waals surface area contributed by atoms with E-state index in [1.165, 1.54) is 0 Å². The zero-order valence-corrected chi connectivity index (χ0v) is 11.2. The number of benzene rings is 2. The van der Waals surface area contributed by atoms with E-state index in [0.29, 0.717) is 18.7 Å². The van der Waals surface area contributed by atoms with Gasteiger partial charge in [0.25, 0.3) is 0 Å². The van der Waals surface area contributed by atoms with E-state index >= 15 is 0 Å². The molecule has 2 aromatic rings. The molecule has 0 saturated heterocycles. The van der Waals surface area contributed by atoms with E-state index in [9.17, 15) is 0 Å². The molecule has 0 unspecified atom stereocenters. The Kier molecular flexibility index (Phi) is 4.80. The summed E-state index contributed by atoms with van der Waals surface area (Å²) in [5.41, 5.74) is 2.63. The smallest absolute Gasteiger partial charge is 0.124 e. The monoisotopic (exact) mass is 264 g/mol. The Morgan fingerprint density at radius 3 is 2.85 bits per heavy atom. The second-order valence-corrected chi connectivity index (χ2v) is 4.25. The summed E-state index contributed by atoms with van der Waals surface area (Å²) in [5, 5.41) is 12.2. The maximum atomic E-state index is 8.88. The Bertz CT molecular complexity index is 629. The molecule has 0 bridgehead atoms. The first-order valence-corrected chi connectivity index (χ1v) is 6.39. The molecule has 3 heteroatoms. The first kappa shape index (κ1) is 13.7. The van der Waals surface area contributed by atoms with Crippen LogP contribution in [0.25, 0.3) is 0 Å². The molecule has 0 radical (unpaired) electrons. The molecular formula is C17H16N2O. The molecule has 0 aliphatic carbocycles. The quantitative estimate of drug-likeness (QED) is 0.808. The van der Waals surface area contributed by atoms with E-state index in [1.54, 1.807) is 12.1 Å². The van der Waals surface area contributed by atoms with E-state index < -0.39 is 0 Å². The molecule has 0 atom stereocenters. The summed E-state index contributed by atoms with van der Waals surface area (Å²) in [6, 6.07) is 17.4. The second-order valence-electron chi connectivity index (χ2n) is 4.25. The molecule has 3 nitrogen and oxygen atoms in total. The van der Waals surface area contributed by atoms with E-state index in [0.717, 1.165) is 17.0 Å². The maximum Gasteiger partial charge on any atom is 0.124 e. The summed E-state index contributed by atoms with van der Waals surface area (Å²) in [6.07, 6.45) is 1.72. The van der Waals surface area contributed by atoms with Gasteiger partial charge in [-0.1, -0.05) is 36.9 Å². The van der Waals surface area contributed by atoms with Gasteiger partial charge in [-0.25, -0.2) is 0 Å². The van der Waals surface area contributed by atoms with Gasteiger partial charge in [0.1, 0.15) is 12.4 Å². The molecule has 100 valence electrons. The second kappa shape index (κ2) is 7.01. The first-order chi connectivity index (χ1) is 9.83. The van der Waals surface area contributed by atoms with Crippen LogP contribution in [-0.4, -0.2) is 6.61 Å². The largest absolute Gasteiger partial charge is 0.489 e. The summed E-state index contributed by atoms with van der Waals surface area (Å²) in [7, 11) is 0. The fraction of sp³-hybridized carbons (Fsp3) is 0.118. The van der Waals surface area contributed by atoms with Gasteiger partial charge in [-0.3, -0.25) is 0 Å². The topological polar surface area (TPSA) is 45.0 Å². The van der Waals surface area contributed by atoms with Gasteiger partial charge in [0.2, 0.25) is 0 Å². The predicted octanol–water partition coefficient (Wildman–Crippen LogP) is 3.74.